The third-order valence-electron chi connectivity index (χ3n) is 4.06. The van der Waals surface area contributed by atoms with Gasteiger partial charge in [0.15, 0.2) is 12.4 Å². The lowest BCUT2D eigenvalue weighted by Crippen LogP contribution is -2.21. The molecule has 0 atom stereocenters. The lowest BCUT2D eigenvalue weighted by molar-refractivity contribution is -0.147. The summed E-state index contributed by atoms with van der Waals surface area (Å²) in [6, 6.07) is 12.4. The van der Waals surface area contributed by atoms with Crippen molar-refractivity contribution in [2.45, 2.75) is 19.8 Å². The number of esters is 2. The van der Waals surface area contributed by atoms with Crippen molar-refractivity contribution in [2.75, 3.05) is 24.4 Å². The maximum absolute atomic E-state index is 12.0. The van der Waals surface area contributed by atoms with Gasteiger partial charge in [0.05, 0.1) is 19.1 Å². The predicted octanol–water partition coefficient (Wildman–Crippen LogP) is 2.58. The molecule has 2 aromatic rings. The number of nitrogens with one attached hydrogen (secondary N) is 2. The van der Waals surface area contributed by atoms with Crippen LogP contribution in [0.1, 0.15) is 40.5 Å². The van der Waals surface area contributed by atoms with Crippen LogP contribution in [-0.4, -0.2) is 43.3 Å². The van der Waals surface area contributed by atoms with Crippen molar-refractivity contribution < 1.29 is 33.4 Å². The number of hydrogen-bond donors (Lipinski definition) is 2. The quantitative estimate of drug-likeness (QED) is 0.466. The van der Waals surface area contributed by atoms with Crippen molar-refractivity contribution in [1.82, 2.24) is 0 Å². The fourth-order valence-electron chi connectivity index (χ4n) is 2.48. The van der Waals surface area contributed by atoms with Gasteiger partial charge in [-0.3, -0.25) is 19.2 Å². The van der Waals surface area contributed by atoms with Crippen molar-refractivity contribution in [3.8, 4) is 0 Å². The third kappa shape index (κ3) is 7.73. The van der Waals surface area contributed by atoms with Gasteiger partial charge >= 0.3 is 11.9 Å². The number of ether oxygens (including phenoxy) is 2. The fraction of sp³-hybridized carbons (Fsp3) is 0.227. The summed E-state index contributed by atoms with van der Waals surface area (Å²) in [4.78, 5) is 58.3. The van der Waals surface area contributed by atoms with E-state index in [1.54, 1.807) is 24.3 Å². The topological polar surface area (TPSA) is 128 Å². The van der Waals surface area contributed by atoms with Crippen LogP contribution in [0.25, 0.3) is 0 Å². The molecule has 0 radical (unpaired) electrons. The first-order chi connectivity index (χ1) is 14.8. The van der Waals surface area contributed by atoms with Crippen molar-refractivity contribution in [3.63, 3.8) is 0 Å². The second-order valence-electron chi connectivity index (χ2n) is 6.46. The highest BCUT2D eigenvalue weighted by Gasteiger charge is 2.12. The van der Waals surface area contributed by atoms with Crippen LogP contribution in [-0.2, 0) is 23.9 Å². The van der Waals surface area contributed by atoms with Gasteiger partial charge < -0.3 is 20.1 Å². The molecule has 2 N–H and O–H groups in total. The number of rotatable bonds is 9. The minimum Gasteiger partial charge on any atom is -0.465 e. The summed E-state index contributed by atoms with van der Waals surface area (Å²) in [7, 11) is 1.27. The number of methoxy groups -OCH3 is 1. The lowest BCUT2D eigenvalue weighted by Gasteiger charge is -2.08. The van der Waals surface area contributed by atoms with Crippen LogP contribution >= 0.6 is 0 Å². The molecule has 0 unspecified atom stereocenters. The molecule has 2 amide bonds. The molecule has 162 valence electrons. The second-order valence-corrected chi connectivity index (χ2v) is 6.46. The molecule has 2 rings (SSSR count). The van der Waals surface area contributed by atoms with Gasteiger partial charge in [0.2, 0.25) is 5.91 Å². The third-order valence-corrected chi connectivity index (χ3v) is 4.06. The van der Waals surface area contributed by atoms with E-state index in [1.807, 2.05) is 0 Å². The Labute approximate surface area is 178 Å². The predicted molar refractivity (Wildman–Crippen MR) is 112 cm³/mol. The van der Waals surface area contributed by atoms with E-state index in [1.165, 1.54) is 38.3 Å². The van der Waals surface area contributed by atoms with E-state index >= 15 is 0 Å². The molecule has 31 heavy (non-hydrogen) atoms. The van der Waals surface area contributed by atoms with Crippen LogP contribution in [0.2, 0.25) is 0 Å². The molecule has 0 bridgehead atoms. The van der Waals surface area contributed by atoms with Crippen molar-refractivity contribution in [3.05, 3.63) is 59.7 Å². The molecule has 9 heteroatoms. The molecule has 0 aliphatic heterocycles. The van der Waals surface area contributed by atoms with Crippen LogP contribution in [0.4, 0.5) is 11.4 Å². The van der Waals surface area contributed by atoms with E-state index < -0.39 is 30.4 Å². The normalized spacial score (nSPS) is 10.0. The molecule has 0 saturated carbocycles. The van der Waals surface area contributed by atoms with Crippen molar-refractivity contribution in [1.29, 1.82) is 0 Å². The van der Waals surface area contributed by atoms with Gasteiger partial charge in [-0.2, -0.15) is 0 Å². The Kier molecular flexibility index (Phi) is 8.44. The molecule has 0 spiro atoms. The zero-order chi connectivity index (χ0) is 22.8. The molecule has 0 aliphatic carbocycles. The largest absolute Gasteiger partial charge is 0.465 e. The molecular weight excluding hydrogens is 404 g/mol. The van der Waals surface area contributed by atoms with E-state index in [0.717, 1.165) is 0 Å². The smallest absolute Gasteiger partial charge is 0.337 e. The standard InChI is InChI=1S/C22H22N2O7/c1-14(25)16-4-3-5-18(12-16)24-19(26)10-11-21(28)31-13-20(27)23-17-8-6-15(7-9-17)22(29)30-2/h3-9,12H,10-11,13H2,1-2H3,(H,23,27)(H,24,26). The van der Waals surface area contributed by atoms with Crippen LogP contribution in [0.3, 0.4) is 0 Å². The minimum atomic E-state index is -0.705. The summed E-state index contributed by atoms with van der Waals surface area (Å²) in [5.41, 5.74) is 1.66. The monoisotopic (exact) mass is 426 g/mol. The first-order valence-corrected chi connectivity index (χ1v) is 9.33. The summed E-state index contributed by atoms with van der Waals surface area (Å²) in [5.74, 6) is -2.32. The Bertz CT molecular complexity index is 984. The van der Waals surface area contributed by atoms with Gasteiger partial charge in [-0.25, -0.2) is 4.79 Å². The summed E-state index contributed by atoms with van der Waals surface area (Å²) in [6.07, 6.45) is -0.348. The Morgan fingerprint density at radius 3 is 2.13 bits per heavy atom. The van der Waals surface area contributed by atoms with E-state index in [-0.39, 0.29) is 18.6 Å². The van der Waals surface area contributed by atoms with Crippen LogP contribution in [0.15, 0.2) is 48.5 Å². The summed E-state index contributed by atoms with van der Waals surface area (Å²) in [6.45, 7) is 0.907. The highest BCUT2D eigenvalue weighted by Crippen LogP contribution is 2.12. The summed E-state index contributed by atoms with van der Waals surface area (Å²) in [5, 5.41) is 5.11. The van der Waals surface area contributed by atoms with E-state index in [9.17, 15) is 24.0 Å². The van der Waals surface area contributed by atoms with Crippen molar-refractivity contribution in [2.24, 2.45) is 0 Å². The van der Waals surface area contributed by atoms with Crippen LogP contribution < -0.4 is 10.6 Å². The molecule has 2 aromatic carbocycles. The maximum Gasteiger partial charge on any atom is 0.337 e. The van der Waals surface area contributed by atoms with Gasteiger partial charge in [0.1, 0.15) is 0 Å². The van der Waals surface area contributed by atoms with Gasteiger partial charge in [0.25, 0.3) is 5.91 Å². The molecule has 0 heterocycles. The number of anilines is 2. The minimum absolute atomic E-state index is 0.127. The average Bonchev–Trinajstić information content (AvgIpc) is 2.76. The molecular formula is C22H22N2O7. The highest BCUT2D eigenvalue weighted by molar-refractivity contribution is 5.98. The molecule has 0 aromatic heterocycles. The van der Waals surface area contributed by atoms with Gasteiger partial charge in [0, 0.05) is 23.4 Å². The molecule has 0 fully saturated rings. The lowest BCUT2D eigenvalue weighted by atomic mass is 10.1. The number of Topliss-reactive ketones (excluding diaryl/α,β-unsaturated/α-hetero) is 1. The first-order valence-electron chi connectivity index (χ1n) is 9.33. The number of carbonyl (C=O) groups excluding carboxylic acids is 5. The maximum atomic E-state index is 12.0. The summed E-state index contributed by atoms with van der Waals surface area (Å²) < 4.78 is 9.44. The molecule has 0 saturated heterocycles. The molecule has 9 nitrogen and oxygen atoms in total. The Morgan fingerprint density at radius 2 is 1.48 bits per heavy atom. The zero-order valence-electron chi connectivity index (χ0n) is 17.1. The SMILES string of the molecule is COC(=O)c1ccc(NC(=O)COC(=O)CCC(=O)Nc2cccc(C(C)=O)c2)cc1. The number of hydrogen-bond acceptors (Lipinski definition) is 7. The number of carbonyl (C=O) groups is 5. The average molecular weight is 426 g/mol. The first kappa shape index (κ1) is 23.3. The van der Waals surface area contributed by atoms with Crippen LogP contribution in [0, 0.1) is 0 Å². The number of benzene rings is 2. The van der Waals surface area contributed by atoms with Gasteiger partial charge in [-0.1, -0.05) is 12.1 Å². The Hall–Kier alpha value is -4.01. The number of ketones is 1. The van der Waals surface area contributed by atoms with Crippen molar-refractivity contribution >= 4 is 40.9 Å². The Balaban J connectivity index is 1.72. The van der Waals surface area contributed by atoms with Crippen LogP contribution in [0.5, 0.6) is 0 Å². The second kappa shape index (κ2) is 11.2. The molecule has 0 aliphatic rings. The van der Waals surface area contributed by atoms with Gasteiger partial charge in [-0.05, 0) is 43.3 Å². The zero-order valence-corrected chi connectivity index (χ0v) is 17.1. The van der Waals surface area contributed by atoms with E-state index in [0.29, 0.717) is 22.5 Å². The number of amides is 2. The highest BCUT2D eigenvalue weighted by atomic mass is 16.5. The fourth-order valence-corrected chi connectivity index (χ4v) is 2.48. The van der Waals surface area contributed by atoms with Gasteiger partial charge in [-0.15, -0.1) is 0 Å². The Morgan fingerprint density at radius 1 is 0.806 bits per heavy atom. The van der Waals surface area contributed by atoms with E-state index in [2.05, 4.69) is 15.4 Å². The summed E-state index contributed by atoms with van der Waals surface area (Å²) >= 11 is 0. The van der Waals surface area contributed by atoms with E-state index in [4.69, 9.17) is 4.74 Å².